The van der Waals surface area contributed by atoms with Crippen LogP contribution in [0.3, 0.4) is 0 Å². The van der Waals surface area contributed by atoms with Crippen LogP contribution in [-0.2, 0) is 4.79 Å². The normalized spacial score (nSPS) is 23.2. The number of carboxylic acids is 1. The third-order valence-electron chi connectivity index (χ3n) is 4.51. The zero-order valence-corrected chi connectivity index (χ0v) is 13.0. The van der Waals surface area contributed by atoms with Crippen molar-refractivity contribution in [1.82, 2.24) is 19.8 Å². The van der Waals surface area contributed by atoms with E-state index in [2.05, 4.69) is 27.5 Å². The summed E-state index contributed by atoms with van der Waals surface area (Å²) in [7, 11) is 0. The van der Waals surface area contributed by atoms with Gasteiger partial charge >= 0.3 is 5.97 Å². The molecule has 4 atom stereocenters. The minimum absolute atomic E-state index is 0.0128. The highest BCUT2D eigenvalue weighted by molar-refractivity contribution is 5.77. The highest BCUT2D eigenvalue weighted by atomic mass is 16.4. The molecule has 0 amide bonds. The third kappa shape index (κ3) is 2.63. The number of hydrogen-bond acceptors (Lipinski definition) is 5. The Labute approximate surface area is 128 Å². The van der Waals surface area contributed by atoms with E-state index >= 15 is 0 Å². The third-order valence-corrected chi connectivity index (χ3v) is 4.51. The van der Waals surface area contributed by atoms with Gasteiger partial charge < -0.3 is 10.4 Å². The quantitative estimate of drug-likeness (QED) is 0.849. The lowest BCUT2D eigenvalue weighted by molar-refractivity contribution is -0.139. The number of fused-ring (bicyclic) bond motifs is 1. The van der Waals surface area contributed by atoms with E-state index < -0.39 is 12.0 Å². The minimum Gasteiger partial charge on any atom is -0.480 e. The van der Waals surface area contributed by atoms with E-state index in [-0.39, 0.29) is 5.92 Å². The summed E-state index contributed by atoms with van der Waals surface area (Å²) < 4.78 is 1.73. The van der Waals surface area contributed by atoms with Gasteiger partial charge in [0, 0.05) is 5.92 Å². The number of carboxylic acid groups (broad SMARTS) is 1. The van der Waals surface area contributed by atoms with Crippen molar-refractivity contribution in [2.75, 3.05) is 5.32 Å². The van der Waals surface area contributed by atoms with E-state index in [4.69, 9.17) is 0 Å². The fourth-order valence-corrected chi connectivity index (χ4v) is 2.64. The van der Waals surface area contributed by atoms with Crippen molar-refractivity contribution in [3.8, 4) is 0 Å². The molecular formula is C15H21N5O2. The molecule has 0 radical (unpaired) electrons. The van der Waals surface area contributed by atoms with Gasteiger partial charge in [-0.3, -0.25) is 0 Å². The molecule has 1 saturated carbocycles. The van der Waals surface area contributed by atoms with Crippen molar-refractivity contribution < 1.29 is 9.90 Å². The Hall–Kier alpha value is -2.18. The molecule has 2 N–H and O–H groups in total. The lowest BCUT2D eigenvalue weighted by Gasteiger charge is -2.20. The molecule has 1 aliphatic carbocycles. The maximum Gasteiger partial charge on any atom is 0.326 e. The molecule has 2 aromatic rings. The van der Waals surface area contributed by atoms with Gasteiger partial charge in [0.15, 0.2) is 11.5 Å². The van der Waals surface area contributed by atoms with Gasteiger partial charge in [0.2, 0.25) is 0 Å². The average molecular weight is 303 g/mol. The minimum atomic E-state index is -0.865. The van der Waals surface area contributed by atoms with E-state index in [0.29, 0.717) is 23.3 Å². The number of nitrogens with zero attached hydrogens (tertiary/aromatic N) is 4. The molecule has 0 saturated heterocycles. The van der Waals surface area contributed by atoms with Crippen molar-refractivity contribution in [2.24, 2.45) is 11.8 Å². The molecule has 0 aliphatic heterocycles. The van der Waals surface area contributed by atoms with Crippen molar-refractivity contribution >= 4 is 17.4 Å². The topological polar surface area (TPSA) is 92.4 Å². The number of rotatable bonds is 6. The molecule has 2 heterocycles. The van der Waals surface area contributed by atoms with Crippen molar-refractivity contribution in [2.45, 2.75) is 45.6 Å². The Balaban J connectivity index is 1.89. The Bertz CT molecular complexity index is 698. The second-order valence-corrected chi connectivity index (χ2v) is 6.21. The zero-order chi connectivity index (χ0) is 15.9. The molecule has 0 bridgehead atoms. The van der Waals surface area contributed by atoms with Gasteiger partial charge in [0.25, 0.3) is 0 Å². The van der Waals surface area contributed by atoms with E-state index in [0.717, 1.165) is 18.7 Å². The summed E-state index contributed by atoms with van der Waals surface area (Å²) in [5.74, 6) is 1.56. The summed E-state index contributed by atoms with van der Waals surface area (Å²) >= 11 is 0. The molecule has 1 aliphatic rings. The lowest BCUT2D eigenvalue weighted by atomic mass is 9.99. The van der Waals surface area contributed by atoms with Crippen LogP contribution in [0.4, 0.5) is 5.82 Å². The molecule has 7 nitrogen and oxygen atoms in total. The molecule has 1 fully saturated rings. The van der Waals surface area contributed by atoms with Crippen LogP contribution in [0.5, 0.6) is 0 Å². The van der Waals surface area contributed by atoms with Gasteiger partial charge in [-0.05, 0) is 30.4 Å². The SMILES string of the molecule is CC[C@H](C)[C@H](Nc1ccc2nnc(C3CC3C)n2n1)C(=O)O. The second kappa shape index (κ2) is 5.55. The Kier molecular flexibility index (Phi) is 3.72. The van der Waals surface area contributed by atoms with Crippen LogP contribution < -0.4 is 5.32 Å². The number of aromatic nitrogens is 4. The second-order valence-electron chi connectivity index (χ2n) is 6.21. The van der Waals surface area contributed by atoms with Crippen LogP contribution in [0.2, 0.25) is 0 Å². The number of anilines is 1. The maximum absolute atomic E-state index is 11.4. The fourth-order valence-electron chi connectivity index (χ4n) is 2.64. The zero-order valence-electron chi connectivity index (χ0n) is 13.0. The molecule has 0 aromatic carbocycles. The predicted octanol–water partition coefficient (Wildman–Crippen LogP) is 2.16. The lowest BCUT2D eigenvalue weighted by Crippen LogP contribution is -2.35. The molecular weight excluding hydrogens is 282 g/mol. The van der Waals surface area contributed by atoms with Crippen LogP contribution in [-0.4, -0.2) is 36.9 Å². The van der Waals surface area contributed by atoms with E-state index in [1.807, 2.05) is 19.9 Å². The van der Waals surface area contributed by atoms with Crippen LogP contribution in [0.1, 0.15) is 45.4 Å². The number of carbonyl (C=O) groups is 1. The molecule has 2 unspecified atom stereocenters. The summed E-state index contributed by atoms with van der Waals surface area (Å²) in [4.78, 5) is 11.4. The highest BCUT2D eigenvalue weighted by Gasteiger charge is 2.38. The van der Waals surface area contributed by atoms with E-state index in [1.165, 1.54) is 0 Å². The summed E-state index contributed by atoms with van der Waals surface area (Å²) in [6.07, 6.45) is 1.88. The molecule has 0 spiro atoms. The Morgan fingerprint density at radius 1 is 1.50 bits per heavy atom. The summed E-state index contributed by atoms with van der Waals surface area (Å²) in [5.41, 5.74) is 0.690. The average Bonchev–Trinajstić information content (AvgIpc) is 3.07. The number of hydrogen-bond donors (Lipinski definition) is 2. The standard InChI is InChI=1S/C15H21N5O2/c1-4-8(2)13(15(21)22)16-11-5-6-12-17-18-14(20(12)19-11)10-7-9(10)3/h5-6,8-10,13H,4,7H2,1-3H3,(H,16,19)(H,21,22)/t8-,9?,10?,13-/m0/s1. The van der Waals surface area contributed by atoms with Gasteiger partial charge in [-0.1, -0.05) is 27.2 Å². The maximum atomic E-state index is 11.4. The Morgan fingerprint density at radius 3 is 2.82 bits per heavy atom. The highest BCUT2D eigenvalue weighted by Crippen LogP contribution is 2.45. The predicted molar refractivity (Wildman–Crippen MR) is 81.8 cm³/mol. The first-order chi connectivity index (χ1) is 10.5. The summed E-state index contributed by atoms with van der Waals surface area (Å²) in [5, 5.41) is 25.2. The van der Waals surface area contributed by atoms with Gasteiger partial charge in [-0.15, -0.1) is 15.3 Å². The van der Waals surface area contributed by atoms with Gasteiger partial charge in [0.1, 0.15) is 11.9 Å². The summed E-state index contributed by atoms with van der Waals surface area (Å²) in [6.45, 7) is 6.07. The summed E-state index contributed by atoms with van der Waals surface area (Å²) in [6, 6.07) is 2.91. The van der Waals surface area contributed by atoms with E-state index in [1.54, 1.807) is 10.6 Å². The van der Waals surface area contributed by atoms with Crippen LogP contribution >= 0.6 is 0 Å². The number of aliphatic carboxylic acids is 1. The van der Waals surface area contributed by atoms with Crippen molar-refractivity contribution in [3.05, 3.63) is 18.0 Å². The Morgan fingerprint density at radius 2 is 2.23 bits per heavy atom. The largest absolute Gasteiger partial charge is 0.480 e. The van der Waals surface area contributed by atoms with Crippen LogP contribution in [0, 0.1) is 11.8 Å². The van der Waals surface area contributed by atoms with Crippen molar-refractivity contribution in [1.29, 1.82) is 0 Å². The first-order valence-corrected chi connectivity index (χ1v) is 7.73. The molecule has 22 heavy (non-hydrogen) atoms. The van der Waals surface area contributed by atoms with Crippen LogP contribution in [0.15, 0.2) is 12.1 Å². The smallest absolute Gasteiger partial charge is 0.326 e. The molecule has 2 aromatic heterocycles. The van der Waals surface area contributed by atoms with E-state index in [9.17, 15) is 9.90 Å². The first kappa shape index (κ1) is 14.7. The molecule has 7 heteroatoms. The first-order valence-electron chi connectivity index (χ1n) is 7.73. The van der Waals surface area contributed by atoms with Crippen LogP contribution in [0.25, 0.3) is 5.65 Å². The number of nitrogens with one attached hydrogen (secondary N) is 1. The fraction of sp³-hybridized carbons (Fsp3) is 0.600. The monoisotopic (exact) mass is 303 g/mol. The molecule has 118 valence electrons. The molecule has 3 rings (SSSR count). The van der Waals surface area contributed by atoms with Gasteiger partial charge in [0.05, 0.1) is 0 Å². The van der Waals surface area contributed by atoms with Gasteiger partial charge in [-0.2, -0.15) is 4.52 Å². The van der Waals surface area contributed by atoms with Gasteiger partial charge in [-0.25, -0.2) is 4.79 Å². The van der Waals surface area contributed by atoms with Crippen molar-refractivity contribution in [3.63, 3.8) is 0 Å².